The van der Waals surface area contributed by atoms with E-state index in [0.717, 1.165) is 18.7 Å². The number of ether oxygens (including phenoxy) is 1. The normalized spacial score (nSPS) is 21.8. The average molecular weight is 305 g/mol. The Morgan fingerprint density at radius 3 is 3.00 bits per heavy atom. The molecule has 0 unspecified atom stereocenters. The number of halogens is 1. The van der Waals surface area contributed by atoms with Crippen molar-refractivity contribution in [3.63, 3.8) is 0 Å². The van der Waals surface area contributed by atoms with Gasteiger partial charge in [0.2, 0.25) is 0 Å². The number of aryl methyl sites for hydroxylation is 2. The highest BCUT2D eigenvalue weighted by Crippen LogP contribution is 2.30. The molecule has 0 amide bonds. The van der Waals surface area contributed by atoms with Crippen molar-refractivity contribution >= 4 is 5.82 Å². The molecule has 1 aliphatic heterocycles. The van der Waals surface area contributed by atoms with Gasteiger partial charge in [-0.3, -0.25) is 0 Å². The van der Waals surface area contributed by atoms with Gasteiger partial charge in [-0.05, 0) is 19.3 Å². The molecule has 3 rings (SSSR count). The second-order valence-corrected chi connectivity index (χ2v) is 5.42. The van der Waals surface area contributed by atoms with Crippen LogP contribution in [0.1, 0.15) is 37.4 Å². The molecule has 0 aliphatic carbocycles. The van der Waals surface area contributed by atoms with E-state index in [1.807, 2.05) is 24.7 Å². The largest absolute Gasteiger partial charge is 0.368 e. The van der Waals surface area contributed by atoms with Gasteiger partial charge in [-0.15, -0.1) is 0 Å². The standard InChI is InChI=1S/C15H20FN5O/c1-3-10-12(16)14(19-9-18-10)20-11-5-4-8-22-13(11)15-17-6-7-21(15)2/h6-7,9,11,13H,3-5,8H2,1-2H3,(H,18,19,20)/t11-,13-/m0/s1. The van der Waals surface area contributed by atoms with Crippen LogP contribution in [0.4, 0.5) is 10.2 Å². The fourth-order valence-corrected chi connectivity index (χ4v) is 2.76. The van der Waals surface area contributed by atoms with E-state index >= 15 is 0 Å². The van der Waals surface area contributed by atoms with Crippen LogP contribution >= 0.6 is 0 Å². The van der Waals surface area contributed by atoms with Gasteiger partial charge in [0.1, 0.15) is 18.3 Å². The van der Waals surface area contributed by atoms with E-state index in [4.69, 9.17) is 4.74 Å². The fourth-order valence-electron chi connectivity index (χ4n) is 2.76. The maximum absolute atomic E-state index is 14.3. The van der Waals surface area contributed by atoms with Gasteiger partial charge in [0.05, 0.1) is 11.7 Å². The molecule has 7 heteroatoms. The third-order valence-corrected chi connectivity index (χ3v) is 3.95. The molecular formula is C15H20FN5O. The summed E-state index contributed by atoms with van der Waals surface area (Å²) in [4.78, 5) is 12.4. The van der Waals surface area contributed by atoms with Crippen molar-refractivity contribution in [1.82, 2.24) is 19.5 Å². The number of aromatic nitrogens is 4. The summed E-state index contributed by atoms with van der Waals surface area (Å²) in [5.41, 5.74) is 0.419. The first-order chi connectivity index (χ1) is 10.7. The molecule has 1 saturated heterocycles. The summed E-state index contributed by atoms with van der Waals surface area (Å²) in [6, 6.07) is -0.0658. The molecule has 118 valence electrons. The number of hydrogen-bond acceptors (Lipinski definition) is 5. The lowest BCUT2D eigenvalue weighted by atomic mass is 10.0. The van der Waals surface area contributed by atoms with Crippen molar-refractivity contribution in [2.75, 3.05) is 11.9 Å². The Morgan fingerprint density at radius 1 is 1.41 bits per heavy atom. The molecule has 22 heavy (non-hydrogen) atoms. The van der Waals surface area contributed by atoms with Gasteiger partial charge in [-0.2, -0.15) is 0 Å². The third kappa shape index (κ3) is 2.81. The zero-order valence-corrected chi connectivity index (χ0v) is 12.8. The van der Waals surface area contributed by atoms with Crippen molar-refractivity contribution in [3.8, 4) is 0 Å². The molecule has 0 radical (unpaired) electrons. The van der Waals surface area contributed by atoms with E-state index in [9.17, 15) is 4.39 Å². The van der Waals surface area contributed by atoms with E-state index in [2.05, 4.69) is 20.3 Å². The van der Waals surface area contributed by atoms with Crippen LogP contribution in [0.5, 0.6) is 0 Å². The number of rotatable bonds is 4. The summed E-state index contributed by atoms with van der Waals surface area (Å²) in [6.07, 6.45) is 7.13. The Bertz CT molecular complexity index is 645. The van der Waals surface area contributed by atoms with E-state index in [-0.39, 0.29) is 23.8 Å². The Morgan fingerprint density at radius 2 is 2.27 bits per heavy atom. The lowest BCUT2D eigenvalue weighted by molar-refractivity contribution is -0.00143. The van der Waals surface area contributed by atoms with Crippen molar-refractivity contribution in [3.05, 3.63) is 36.1 Å². The minimum Gasteiger partial charge on any atom is -0.368 e. The summed E-state index contributed by atoms with van der Waals surface area (Å²) < 4.78 is 22.1. The Hall–Kier alpha value is -2.02. The van der Waals surface area contributed by atoms with Crippen molar-refractivity contribution in [2.45, 2.75) is 38.3 Å². The van der Waals surface area contributed by atoms with Gasteiger partial charge in [-0.1, -0.05) is 6.92 Å². The highest BCUT2D eigenvalue weighted by atomic mass is 19.1. The highest BCUT2D eigenvalue weighted by Gasteiger charge is 2.31. The first-order valence-corrected chi connectivity index (χ1v) is 7.55. The molecule has 0 aromatic carbocycles. The van der Waals surface area contributed by atoms with Gasteiger partial charge in [0, 0.05) is 26.0 Å². The van der Waals surface area contributed by atoms with Crippen LogP contribution in [0.25, 0.3) is 0 Å². The summed E-state index contributed by atoms with van der Waals surface area (Å²) in [5.74, 6) is 0.693. The quantitative estimate of drug-likeness (QED) is 0.938. The van der Waals surface area contributed by atoms with Crippen molar-refractivity contribution in [1.29, 1.82) is 0 Å². The van der Waals surface area contributed by atoms with Crippen molar-refractivity contribution in [2.24, 2.45) is 7.05 Å². The number of nitrogens with one attached hydrogen (secondary N) is 1. The molecule has 6 nitrogen and oxygen atoms in total. The fraction of sp³-hybridized carbons (Fsp3) is 0.533. The average Bonchev–Trinajstić information content (AvgIpc) is 2.96. The van der Waals surface area contributed by atoms with Crippen LogP contribution in [0.3, 0.4) is 0 Å². The van der Waals surface area contributed by atoms with Crippen LogP contribution in [0.15, 0.2) is 18.7 Å². The topological polar surface area (TPSA) is 64.9 Å². The summed E-state index contributed by atoms with van der Waals surface area (Å²) in [6.45, 7) is 2.55. The lowest BCUT2D eigenvalue weighted by Crippen LogP contribution is -2.35. The molecule has 2 atom stereocenters. The van der Waals surface area contributed by atoms with E-state index in [1.165, 1.54) is 6.33 Å². The molecule has 0 bridgehead atoms. The van der Waals surface area contributed by atoms with Gasteiger partial charge in [-0.25, -0.2) is 19.3 Å². The van der Waals surface area contributed by atoms with Gasteiger partial charge in [0.15, 0.2) is 11.6 Å². The third-order valence-electron chi connectivity index (χ3n) is 3.95. The molecule has 1 aliphatic rings. The highest BCUT2D eigenvalue weighted by molar-refractivity contribution is 5.39. The van der Waals surface area contributed by atoms with Crippen LogP contribution < -0.4 is 5.32 Å². The summed E-state index contributed by atoms with van der Waals surface area (Å²) >= 11 is 0. The van der Waals surface area contributed by atoms with Gasteiger partial charge >= 0.3 is 0 Å². The van der Waals surface area contributed by atoms with E-state index in [0.29, 0.717) is 18.7 Å². The summed E-state index contributed by atoms with van der Waals surface area (Å²) in [5, 5.41) is 3.18. The molecule has 2 aromatic heterocycles. The molecule has 1 fully saturated rings. The van der Waals surface area contributed by atoms with E-state index in [1.54, 1.807) is 6.20 Å². The van der Waals surface area contributed by atoms with Crippen LogP contribution in [-0.4, -0.2) is 32.2 Å². The van der Waals surface area contributed by atoms with Crippen LogP contribution in [-0.2, 0) is 18.2 Å². The zero-order chi connectivity index (χ0) is 15.5. The van der Waals surface area contributed by atoms with Gasteiger partial charge < -0.3 is 14.6 Å². The molecule has 0 saturated carbocycles. The summed E-state index contributed by atoms with van der Waals surface area (Å²) in [7, 11) is 1.93. The van der Waals surface area contributed by atoms with Gasteiger partial charge in [0.25, 0.3) is 0 Å². The molecule has 0 spiro atoms. The van der Waals surface area contributed by atoms with Crippen LogP contribution in [0, 0.1) is 5.82 Å². The van der Waals surface area contributed by atoms with Crippen LogP contribution in [0.2, 0.25) is 0 Å². The van der Waals surface area contributed by atoms with Crippen molar-refractivity contribution < 1.29 is 9.13 Å². The second kappa shape index (κ2) is 6.39. The van der Waals surface area contributed by atoms with E-state index < -0.39 is 0 Å². The molecular weight excluding hydrogens is 285 g/mol. The second-order valence-electron chi connectivity index (χ2n) is 5.42. The first kappa shape index (κ1) is 14.9. The minimum absolute atomic E-state index is 0.0658. The maximum atomic E-state index is 14.3. The number of anilines is 1. The Balaban J connectivity index is 1.85. The number of imidazole rings is 1. The SMILES string of the molecule is CCc1ncnc(N[C@H]2CCCO[C@@H]2c2nccn2C)c1F. The lowest BCUT2D eigenvalue weighted by Gasteiger charge is -2.32. The first-order valence-electron chi connectivity index (χ1n) is 7.55. The molecule has 2 aromatic rings. The Kier molecular flexibility index (Phi) is 4.33. The predicted molar refractivity (Wildman–Crippen MR) is 79.9 cm³/mol. The number of nitrogens with zero attached hydrogens (tertiary/aromatic N) is 4. The minimum atomic E-state index is -0.380. The maximum Gasteiger partial charge on any atom is 0.186 e. The molecule has 3 heterocycles. The zero-order valence-electron chi connectivity index (χ0n) is 12.8. The molecule has 1 N–H and O–H groups in total. The Labute approximate surface area is 128 Å². The monoisotopic (exact) mass is 305 g/mol. The predicted octanol–water partition coefficient (Wildman–Crippen LogP) is 2.24. The number of hydrogen-bond donors (Lipinski definition) is 1. The smallest absolute Gasteiger partial charge is 0.186 e.